The average Bonchev–Trinajstić information content (AvgIpc) is 3.18. The van der Waals surface area contributed by atoms with Gasteiger partial charge in [0, 0.05) is 25.0 Å². The Balaban J connectivity index is 1.60. The fourth-order valence-electron chi connectivity index (χ4n) is 2.85. The van der Waals surface area contributed by atoms with Crippen molar-refractivity contribution in [3.8, 4) is 0 Å². The van der Waals surface area contributed by atoms with Gasteiger partial charge in [-0.15, -0.1) is 0 Å². The summed E-state index contributed by atoms with van der Waals surface area (Å²) in [5.41, 5.74) is 1.11. The van der Waals surface area contributed by atoms with E-state index in [-0.39, 0.29) is 0 Å². The molecule has 2 aromatic heterocycles. The maximum absolute atomic E-state index is 5.63. The molecular formula is C15H22N4O. The Morgan fingerprint density at radius 2 is 2.20 bits per heavy atom. The zero-order valence-electron chi connectivity index (χ0n) is 11.7. The second-order valence-corrected chi connectivity index (χ2v) is 5.34. The van der Waals surface area contributed by atoms with E-state index in [1.165, 1.54) is 19.3 Å². The molecule has 5 heteroatoms. The third kappa shape index (κ3) is 3.29. The predicted molar refractivity (Wildman–Crippen MR) is 77.2 cm³/mol. The average molecular weight is 274 g/mol. The molecule has 5 nitrogen and oxygen atoms in total. The molecule has 1 aliphatic rings. The first-order chi connectivity index (χ1) is 9.93. The normalized spacial score (nSPS) is 18.2. The highest BCUT2D eigenvalue weighted by molar-refractivity contribution is 5.06. The summed E-state index contributed by atoms with van der Waals surface area (Å²) in [6, 6.07) is 6.38. The molecule has 1 fully saturated rings. The lowest BCUT2D eigenvalue weighted by atomic mass is 10.1. The summed E-state index contributed by atoms with van der Waals surface area (Å²) < 4.78 is 5.63. The number of furan rings is 1. The molecule has 2 aromatic rings. The minimum Gasteiger partial charge on any atom is -0.468 e. The number of H-pyrrole nitrogens is 1. The Bertz CT molecular complexity index is 474. The summed E-state index contributed by atoms with van der Waals surface area (Å²) in [4.78, 5) is 2.53. The highest BCUT2D eigenvalue weighted by Gasteiger charge is 2.23. The molecule has 0 aliphatic carbocycles. The van der Waals surface area contributed by atoms with Crippen LogP contribution in [0.3, 0.4) is 0 Å². The van der Waals surface area contributed by atoms with Crippen LogP contribution in [0.5, 0.6) is 0 Å². The molecule has 0 saturated carbocycles. The molecule has 1 unspecified atom stereocenters. The van der Waals surface area contributed by atoms with Crippen LogP contribution in [0.15, 0.2) is 35.1 Å². The van der Waals surface area contributed by atoms with Gasteiger partial charge in [0.2, 0.25) is 0 Å². The van der Waals surface area contributed by atoms with Gasteiger partial charge >= 0.3 is 0 Å². The first kappa shape index (κ1) is 13.4. The van der Waals surface area contributed by atoms with E-state index in [1.807, 2.05) is 12.1 Å². The molecule has 1 aliphatic heterocycles. The first-order valence-electron chi connectivity index (χ1n) is 7.40. The Hall–Kier alpha value is -1.59. The monoisotopic (exact) mass is 274 g/mol. The van der Waals surface area contributed by atoms with Gasteiger partial charge in [-0.1, -0.05) is 6.42 Å². The molecule has 0 radical (unpaired) electrons. The Morgan fingerprint density at radius 1 is 1.30 bits per heavy atom. The van der Waals surface area contributed by atoms with Crippen molar-refractivity contribution < 1.29 is 4.42 Å². The van der Waals surface area contributed by atoms with Crippen LogP contribution in [0.2, 0.25) is 0 Å². The highest BCUT2D eigenvalue weighted by atomic mass is 16.3. The molecule has 0 amide bonds. The quantitative estimate of drug-likeness (QED) is 0.849. The summed E-state index contributed by atoms with van der Waals surface area (Å²) in [5, 5.41) is 10.4. The maximum atomic E-state index is 5.63. The van der Waals surface area contributed by atoms with Gasteiger partial charge in [-0.25, -0.2) is 0 Å². The highest BCUT2D eigenvalue weighted by Crippen LogP contribution is 2.24. The number of piperidine rings is 1. The van der Waals surface area contributed by atoms with Crippen molar-refractivity contribution in [2.45, 2.75) is 31.8 Å². The van der Waals surface area contributed by atoms with E-state index < -0.39 is 0 Å². The number of likely N-dealkylation sites (tertiary alicyclic amines) is 1. The molecular weight excluding hydrogens is 252 g/mol. The zero-order valence-corrected chi connectivity index (χ0v) is 11.7. The Kier molecular flexibility index (Phi) is 4.50. The summed E-state index contributed by atoms with van der Waals surface area (Å²) >= 11 is 0. The molecule has 1 atom stereocenters. The second-order valence-electron chi connectivity index (χ2n) is 5.34. The number of hydrogen-bond acceptors (Lipinski definition) is 4. The van der Waals surface area contributed by atoms with Gasteiger partial charge in [0.15, 0.2) is 0 Å². The summed E-state index contributed by atoms with van der Waals surface area (Å²) in [7, 11) is 0. The van der Waals surface area contributed by atoms with E-state index in [9.17, 15) is 0 Å². The van der Waals surface area contributed by atoms with Gasteiger partial charge in [-0.05, 0) is 44.1 Å². The van der Waals surface area contributed by atoms with Gasteiger partial charge in [-0.3, -0.25) is 10.00 Å². The third-order valence-electron chi connectivity index (χ3n) is 3.91. The first-order valence-corrected chi connectivity index (χ1v) is 7.40. The minimum absolute atomic E-state index is 0.327. The van der Waals surface area contributed by atoms with E-state index in [0.29, 0.717) is 6.04 Å². The topological polar surface area (TPSA) is 57.1 Å². The standard InChI is InChI=1S/C15H22N4O/c1-2-8-19(9-3-1)14(15-5-4-10-20-15)12-16-11-13-6-7-17-18-13/h4-7,10,14,16H,1-3,8-9,11-12H2,(H,17,18). The van der Waals surface area contributed by atoms with Crippen molar-refractivity contribution >= 4 is 0 Å². The molecule has 0 spiro atoms. The van der Waals surface area contributed by atoms with E-state index in [0.717, 1.165) is 37.6 Å². The van der Waals surface area contributed by atoms with Gasteiger partial charge in [-0.2, -0.15) is 5.10 Å². The molecule has 3 heterocycles. The molecule has 2 N–H and O–H groups in total. The smallest absolute Gasteiger partial charge is 0.122 e. The summed E-state index contributed by atoms with van der Waals surface area (Å²) in [6.45, 7) is 4.03. The third-order valence-corrected chi connectivity index (χ3v) is 3.91. The van der Waals surface area contributed by atoms with Crippen LogP contribution < -0.4 is 5.32 Å². The lowest BCUT2D eigenvalue weighted by molar-refractivity contribution is 0.142. The lowest BCUT2D eigenvalue weighted by Gasteiger charge is -2.33. The van der Waals surface area contributed by atoms with Crippen LogP contribution in [0.1, 0.15) is 36.8 Å². The van der Waals surface area contributed by atoms with Gasteiger partial charge in [0.25, 0.3) is 0 Å². The molecule has 3 rings (SSSR count). The fraction of sp³-hybridized carbons (Fsp3) is 0.533. The number of hydrogen-bond donors (Lipinski definition) is 2. The van der Waals surface area contributed by atoms with E-state index in [2.05, 4.69) is 26.5 Å². The van der Waals surface area contributed by atoms with Gasteiger partial charge in [0.1, 0.15) is 5.76 Å². The van der Waals surface area contributed by atoms with Crippen molar-refractivity contribution in [2.24, 2.45) is 0 Å². The van der Waals surface area contributed by atoms with Gasteiger partial charge < -0.3 is 9.73 Å². The van der Waals surface area contributed by atoms with E-state index >= 15 is 0 Å². The largest absolute Gasteiger partial charge is 0.468 e. The molecule has 20 heavy (non-hydrogen) atoms. The number of aromatic amines is 1. The van der Waals surface area contributed by atoms with Crippen molar-refractivity contribution in [3.05, 3.63) is 42.1 Å². The minimum atomic E-state index is 0.327. The van der Waals surface area contributed by atoms with Crippen LogP contribution in [0.25, 0.3) is 0 Å². The Labute approximate surface area is 119 Å². The van der Waals surface area contributed by atoms with Crippen LogP contribution >= 0.6 is 0 Å². The van der Waals surface area contributed by atoms with Crippen LogP contribution in [-0.4, -0.2) is 34.7 Å². The number of rotatable bonds is 6. The molecule has 108 valence electrons. The van der Waals surface area contributed by atoms with Crippen molar-refractivity contribution in [2.75, 3.05) is 19.6 Å². The number of aromatic nitrogens is 2. The van der Waals surface area contributed by atoms with Crippen molar-refractivity contribution in [1.82, 2.24) is 20.4 Å². The van der Waals surface area contributed by atoms with E-state index in [4.69, 9.17) is 4.42 Å². The van der Waals surface area contributed by atoms with Crippen molar-refractivity contribution in [1.29, 1.82) is 0 Å². The maximum Gasteiger partial charge on any atom is 0.122 e. The van der Waals surface area contributed by atoms with Gasteiger partial charge in [0.05, 0.1) is 12.3 Å². The zero-order chi connectivity index (χ0) is 13.6. The van der Waals surface area contributed by atoms with Crippen molar-refractivity contribution in [3.63, 3.8) is 0 Å². The molecule has 0 aromatic carbocycles. The van der Waals surface area contributed by atoms with Crippen LogP contribution in [-0.2, 0) is 6.54 Å². The predicted octanol–water partition coefficient (Wildman–Crippen LogP) is 2.32. The second kappa shape index (κ2) is 6.72. The Morgan fingerprint density at radius 3 is 2.90 bits per heavy atom. The number of nitrogens with one attached hydrogen (secondary N) is 2. The van der Waals surface area contributed by atoms with Crippen LogP contribution in [0, 0.1) is 0 Å². The summed E-state index contributed by atoms with van der Waals surface area (Å²) in [6.07, 6.45) is 7.48. The fourth-order valence-corrected chi connectivity index (χ4v) is 2.85. The van der Waals surface area contributed by atoms with Crippen LogP contribution in [0.4, 0.5) is 0 Å². The molecule has 0 bridgehead atoms. The van der Waals surface area contributed by atoms with E-state index in [1.54, 1.807) is 12.5 Å². The molecule has 1 saturated heterocycles. The number of nitrogens with zero attached hydrogens (tertiary/aromatic N) is 2. The summed E-state index contributed by atoms with van der Waals surface area (Å²) in [5.74, 6) is 1.06. The lowest BCUT2D eigenvalue weighted by Crippen LogP contribution is -2.38. The SMILES string of the molecule is c1coc(C(CNCc2ccn[nH]2)N2CCCCC2)c1.